The van der Waals surface area contributed by atoms with Crippen molar-refractivity contribution in [2.75, 3.05) is 26.3 Å². The second kappa shape index (κ2) is 13.7. The Balaban J connectivity index is 0.000000301. The van der Waals surface area contributed by atoms with E-state index in [9.17, 15) is 26.3 Å². The highest BCUT2D eigenvalue weighted by atomic mass is 32.1. The lowest BCUT2D eigenvalue weighted by molar-refractivity contribution is -0.193. The molecule has 212 valence electrons. The second-order valence-electron chi connectivity index (χ2n) is 8.24. The van der Waals surface area contributed by atoms with Gasteiger partial charge in [-0.2, -0.15) is 26.3 Å². The lowest BCUT2D eigenvalue weighted by Gasteiger charge is -2.43. The summed E-state index contributed by atoms with van der Waals surface area (Å²) >= 11 is 1.73. The Morgan fingerprint density at radius 3 is 2.34 bits per heavy atom. The van der Waals surface area contributed by atoms with E-state index in [2.05, 4.69) is 14.9 Å². The maximum Gasteiger partial charge on any atom is 0.490 e. The molecule has 16 heteroatoms. The Morgan fingerprint density at radius 2 is 1.82 bits per heavy atom. The van der Waals surface area contributed by atoms with Crippen LogP contribution in [0.3, 0.4) is 0 Å². The number of alkyl halides is 6. The molecule has 2 aromatic rings. The third-order valence-corrected chi connectivity index (χ3v) is 6.36. The van der Waals surface area contributed by atoms with Crippen molar-refractivity contribution < 1.29 is 55.6 Å². The molecule has 1 saturated carbocycles. The maximum atomic E-state index is 10.6. The van der Waals surface area contributed by atoms with Crippen molar-refractivity contribution in [3.05, 3.63) is 41.1 Å². The van der Waals surface area contributed by atoms with Crippen LogP contribution >= 0.6 is 11.3 Å². The normalized spacial score (nSPS) is 21.6. The van der Waals surface area contributed by atoms with E-state index in [0.29, 0.717) is 12.5 Å². The van der Waals surface area contributed by atoms with Gasteiger partial charge in [0, 0.05) is 36.8 Å². The SMILES string of the molecule is O=C(O)C(F)(F)F.O=C(O)C(F)(F)F.c1cncc(OC[C@@H]2CCC[C@@]23CN(Cc2nccs2)CCO3)c1. The van der Waals surface area contributed by atoms with E-state index < -0.39 is 24.3 Å². The standard InChI is InChI=1S/C18H23N3O2S.2C2HF3O2/c1-3-15(13-22-16-4-2-6-19-11-16)18(5-1)14-21(8-9-23-18)12-17-20-7-10-24-17;2*3-2(4,5)1(6)7/h2,4,6-7,10-11,15H,1,3,5,8-9,12-14H2;2*(H,6,7)/t15-,18+;;/m0../s1. The van der Waals surface area contributed by atoms with Crippen LogP contribution in [0.5, 0.6) is 5.75 Å². The van der Waals surface area contributed by atoms with Crippen LogP contribution in [-0.2, 0) is 20.9 Å². The molecule has 2 atom stereocenters. The van der Waals surface area contributed by atoms with Crippen LogP contribution in [-0.4, -0.2) is 81.3 Å². The summed E-state index contributed by atoms with van der Waals surface area (Å²) in [5, 5.41) is 17.5. The molecule has 0 radical (unpaired) electrons. The number of carboxylic acid groups (broad SMARTS) is 2. The van der Waals surface area contributed by atoms with Crippen molar-refractivity contribution in [2.45, 2.75) is 43.8 Å². The van der Waals surface area contributed by atoms with Gasteiger partial charge < -0.3 is 19.7 Å². The first-order valence-corrected chi connectivity index (χ1v) is 12.0. The Morgan fingerprint density at radius 1 is 1.16 bits per heavy atom. The van der Waals surface area contributed by atoms with Crippen molar-refractivity contribution in [1.29, 1.82) is 0 Å². The van der Waals surface area contributed by atoms with E-state index >= 15 is 0 Å². The number of aromatic nitrogens is 2. The fourth-order valence-electron chi connectivity index (χ4n) is 3.92. The average molecular weight is 574 g/mol. The van der Waals surface area contributed by atoms with E-state index in [0.717, 1.165) is 38.4 Å². The molecule has 2 aliphatic rings. The van der Waals surface area contributed by atoms with Gasteiger partial charge in [-0.25, -0.2) is 14.6 Å². The summed E-state index contributed by atoms with van der Waals surface area (Å²) in [6.45, 7) is 4.40. The molecule has 2 fully saturated rings. The Labute approximate surface area is 217 Å². The molecule has 2 aromatic heterocycles. The number of hydrogen-bond acceptors (Lipinski definition) is 8. The molecule has 1 aliphatic carbocycles. The zero-order valence-corrected chi connectivity index (χ0v) is 20.6. The molecule has 0 aromatic carbocycles. The second-order valence-corrected chi connectivity index (χ2v) is 9.22. The summed E-state index contributed by atoms with van der Waals surface area (Å²) in [5.41, 5.74) is -0.0578. The molecular formula is C22H25F6N3O6S. The number of carbonyl (C=O) groups is 2. The summed E-state index contributed by atoms with van der Waals surface area (Å²) in [6.07, 6.45) is -1.22. The summed E-state index contributed by atoms with van der Waals surface area (Å²) in [7, 11) is 0. The first-order valence-electron chi connectivity index (χ1n) is 11.1. The van der Waals surface area contributed by atoms with Crippen molar-refractivity contribution in [3.63, 3.8) is 0 Å². The molecule has 2 N–H and O–H groups in total. The summed E-state index contributed by atoms with van der Waals surface area (Å²) in [5.74, 6) is -4.23. The van der Waals surface area contributed by atoms with Gasteiger partial charge in [0.05, 0.1) is 31.6 Å². The monoisotopic (exact) mass is 573 g/mol. The van der Waals surface area contributed by atoms with Gasteiger partial charge in [0.25, 0.3) is 0 Å². The summed E-state index contributed by atoms with van der Waals surface area (Å²) < 4.78 is 75.8. The molecule has 1 aliphatic heterocycles. The predicted molar refractivity (Wildman–Crippen MR) is 121 cm³/mol. The number of hydrogen-bond donors (Lipinski definition) is 2. The fourth-order valence-corrected chi connectivity index (χ4v) is 4.57. The number of nitrogens with zero attached hydrogens (tertiary/aromatic N) is 3. The third kappa shape index (κ3) is 10.1. The molecule has 0 unspecified atom stereocenters. The Hall–Kier alpha value is -2.98. The van der Waals surface area contributed by atoms with Crippen LogP contribution in [0, 0.1) is 5.92 Å². The quantitative estimate of drug-likeness (QED) is 0.506. The lowest BCUT2D eigenvalue weighted by atomic mass is 9.89. The van der Waals surface area contributed by atoms with Gasteiger partial charge in [-0.1, -0.05) is 0 Å². The van der Waals surface area contributed by atoms with E-state index in [1.807, 2.05) is 23.7 Å². The number of pyridine rings is 1. The van der Waals surface area contributed by atoms with Crippen LogP contribution in [0.15, 0.2) is 36.1 Å². The third-order valence-electron chi connectivity index (χ3n) is 5.60. The summed E-state index contributed by atoms with van der Waals surface area (Å²) in [6, 6.07) is 3.87. The highest BCUT2D eigenvalue weighted by Gasteiger charge is 2.47. The van der Waals surface area contributed by atoms with Gasteiger partial charge in [-0.15, -0.1) is 11.3 Å². The molecule has 1 spiro atoms. The molecule has 0 bridgehead atoms. The van der Waals surface area contributed by atoms with Crippen LogP contribution in [0.4, 0.5) is 26.3 Å². The average Bonchev–Trinajstić information content (AvgIpc) is 3.48. The number of aliphatic carboxylic acids is 2. The first-order chi connectivity index (χ1) is 17.7. The number of ether oxygens (including phenoxy) is 2. The van der Waals surface area contributed by atoms with Crippen LogP contribution < -0.4 is 4.74 Å². The molecule has 1 saturated heterocycles. The predicted octanol–water partition coefficient (Wildman–Crippen LogP) is 4.25. The zero-order chi connectivity index (χ0) is 28.4. The van der Waals surface area contributed by atoms with Gasteiger partial charge in [0.15, 0.2) is 0 Å². The minimum absolute atomic E-state index is 0.0578. The molecule has 9 nitrogen and oxygen atoms in total. The number of rotatable bonds is 5. The van der Waals surface area contributed by atoms with E-state index in [-0.39, 0.29) is 5.60 Å². The topological polar surface area (TPSA) is 122 Å². The fraction of sp³-hybridized carbons (Fsp3) is 0.545. The number of thiazole rings is 1. The number of morpholine rings is 1. The minimum atomic E-state index is -5.08. The van der Waals surface area contributed by atoms with Crippen molar-refractivity contribution in [1.82, 2.24) is 14.9 Å². The van der Waals surface area contributed by atoms with E-state index in [1.54, 1.807) is 23.7 Å². The van der Waals surface area contributed by atoms with Crippen LogP contribution in [0.2, 0.25) is 0 Å². The van der Waals surface area contributed by atoms with E-state index in [1.165, 1.54) is 17.8 Å². The first kappa shape index (κ1) is 31.2. The molecular weight excluding hydrogens is 548 g/mol. The largest absolute Gasteiger partial charge is 0.492 e. The van der Waals surface area contributed by atoms with E-state index in [4.69, 9.17) is 29.3 Å². The van der Waals surface area contributed by atoms with Gasteiger partial charge >= 0.3 is 24.3 Å². The lowest BCUT2D eigenvalue weighted by Crippen LogP contribution is -2.54. The number of halogens is 6. The minimum Gasteiger partial charge on any atom is -0.492 e. The smallest absolute Gasteiger partial charge is 0.490 e. The molecule has 3 heterocycles. The van der Waals surface area contributed by atoms with Gasteiger partial charge in [-0.05, 0) is 31.4 Å². The van der Waals surface area contributed by atoms with Gasteiger partial charge in [0.2, 0.25) is 0 Å². The molecule has 4 rings (SSSR count). The molecule has 0 amide bonds. The van der Waals surface area contributed by atoms with Gasteiger partial charge in [0.1, 0.15) is 10.8 Å². The highest BCUT2D eigenvalue weighted by molar-refractivity contribution is 7.09. The number of carboxylic acids is 2. The molecule has 38 heavy (non-hydrogen) atoms. The van der Waals surface area contributed by atoms with Crippen molar-refractivity contribution in [3.8, 4) is 5.75 Å². The van der Waals surface area contributed by atoms with Crippen molar-refractivity contribution in [2.24, 2.45) is 5.92 Å². The van der Waals surface area contributed by atoms with Gasteiger partial charge in [-0.3, -0.25) is 9.88 Å². The van der Waals surface area contributed by atoms with Crippen LogP contribution in [0.1, 0.15) is 24.3 Å². The Kier molecular flexibility index (Phi) is 11.3. The highest BCUT2D eigenvalue weighted by Crippen LogP contribution is 2.41. The maximum absolute atomic E-state index is 10.6. The zero-order valence-electron chi connectivity index (χ0n) is 19.7. The summed E-state index contributed by atoms with van der Waals surface area (Å²) in [4.78, 5) is 28.8. The Bertz CT molecular complexity index is 985. The van der Waals surface area contributed by atoms with Crippen LogP contribution in [0.25, 0.3) is 0 Å². The van der Waals surface area contributed by atoms with Crippen molar-refractivity contribution >= 4 is 23.3 Å².